The zero-order valence-electron chi connectivity index (χ0n) is 16.5. The van der Waals surface area contributed by atoms with Gasteiger partial charge in [-0.1, -0.05) is 12.1 Å². The predicted octanol–water partition coefficient (Wildman–Crippen LogP) is 1.61. The largest absolute Gasteiger partial charge is 0.467 e. The number of carbonyl (C=O) groups excluding carboxylic acids is 2. The summed E-state index contributed by atoms with van der Waals surface area (Å²) in [6, 6.07) is 4.38. The maximum atomic E-state index is 12.9. The van der Waals surface area contributed by atoms with Gasteiger partial charge >= 0.3 is 18.0 Å². The zero-order valence-corrected chi connectivity index (χ0v) is 17.3. The Morgan fingerprint density at radius 3 is 2.41 bits per heavy atom. The number of hydrogen-bond donors (Lipinski definition) is 1. The van der Waals surface area contributed by atoms with Gasteiger partial charge in [-0.25, -0.2) is 22.3 Å². The van der Waals surface area contributed by atoms with Crippen molar-refractivity contribution in [2.45, 2.75) is 31.8 Å². The van der Waals surface area contributed by atoms with E-state index in [2.05, 4.69) is 20.3 Å². The summed E-state index contributed by atoms with van der Waals surface area (Å²) in [7, 11) is -2.00. The molecule has 0 bridgehead atoms. The van der Waals surface area contributed by atoms with Crippen molar-refractivity contribution in [3.63, 3.8) is 0 Å². The molecule has 0 aliphatic heterocycles. The van der Waals surface area contributed by atoms with E-state index in [1.54, 1.807) is 20.8 Å². The average molecular weight is 423 g/mol. The molecule has 12 heteroatoms. The Hall–Kier alpha value is -3.28. The van der Waals surface area contributed by atoms with Crippen LogP contribution in [0.2, 0.25) is 0 Å². The first-order valence-electron chi connectivity index (χ1n) is 8.42. The van der Waals surface area contributed by atoms with Crippen molar-refractivity contribution in [1.29, 1.82) is 0 Å². The van der Waals surface area contributed by atoms with Crippen LogP contribution < -0.4 is 10.1 Å². The van der Waals surface area contributed by atoms with Crippen molar-refractivity contribution in [3.05, 3.63) is 35.7 Å². The SMILES string of the molecule is COc1nc(C)nc(NC(=O)N(C)S(=O)(=O)c2ccccc2C(=O)OC(C)C)n1. The molecule has 1 N–H and O–H groups in total. The number of nitrogens with zero attached hydrogens (tertiary/aromatic N) is 4. The molecule has 0 spiro atoms. The number of ether oxygens (including phenoxy) is 2. The summed E-state index contributed by atoms with van der Waals surface area (Å²) in [6.07, 6.45) is -0.443. The number of esters is 1. The lowest BCUT2D eigenvalue weighted by atomic mass is 10.2. The highest BCUT2D eigenvalue weighted by atomic mass is 32.2. The minimum atomic E-state index is -4.38. The van der Waals surface area contributed by atoms with Crippen LogP contribution in [0.1, 0.15) is 30.0 Å². The summed E-state index contributed by atoms with van der Waals surface area (Å²) < 4.78 is 36.3. The van der Waals surface area contributed by atoms with Gasteiger partial charge < -0.3 is 9.47 Å². The minimum Gasteiger partial charge on any atom is -0.467 e. The number of anilines is 1. The van der Waals surface area contributed by atoms with E-state index in [9.17, 15) is 18.0 Å². The molecular formula is C17H21N5O6S. The van der Waals surface area contributed by atoms with Crippen molar-refractivity contribution >= 4 is 28.0 Å². The van der Waals surface area contributed by atoms with Crippen molar-refractivity contribution in [2.24, 2.45) is 0 Å². The van der Waals surface area contributed by atoms with Crippen LogP contribution >= 0.6 is 0 Å². The van der Waals surface area contributed by atoms with Crippen LogP contribution in [0.4, 0.5) is 10.7 Å². The van der Waals surface area contributed by atoms with Crippen molar-refractivity contribution in [1.82, 2.24) is 19.3 Å². The first-order valence-corrected chi connectivity index (χ1v) is 9.87. The van der Waals surface area contributed by atoms with Crippen LogP contribution in [-0.4, -0.2) is 59.9 Å². The molecule has 0 fully saturated rings. The number of benzene rings is 1. The Balaban J connectivity index is 2.33. The maximum Gasteiger partial charge on any atom is 0.339 e. The third-order valence-electron chi connectivity index (χ3n) is 3.50. The number of urea groups is 1. The summed E-state index contributed by atoms with van der Waals surface area (Å²) in [5.74, 6) is -0.737. The van der Waals surface area contributed by atoms with Crippen LogP contribution in [-0.2, 0) is 14.8 Å². The Kier molecular flexibility index (Phi) is 6.69. The molecular weight excluding hydrogens is 402 g/mol. The number of methoxy groups -OCH3 is 1. The van der Waals surface area contributed by atoms with Gasteiger partial charge in [-0.3, -0.25) is 5.32 Å². The normalized spacial score (nSPS) is 11.1. The lowest BCUT2D eigenvalue weighted by Gasteiger charge is -2.19. The summed E-state index contributed by atoms with van der Waals surface area (Å²) >= 11 is 0. The van der Waals surface area contributed by atoms with Crippen molar-refractivity contribution in [3.8, 4) is 6.01 Å². The first kappa shape index (κ1) is 22.0. The van der Waals surface area contributed by atoms with E-state index in [0.717, 1.165) is 7.05 Å². The van der Waals surface area contributed by atoms with E-state index in [4.69, 9.17) is 9.47 Å². The van der Waals surface area contributed by atoms with E-state index >= 15 is 0 Å². The fourth-order valence-corrected chi connectivity index (χ4v) is 3.41. The standard InChI is InChI=1S/C17H21N5O6S/c1-10(2)28-14(23)12-8-6-7-9-13(12)29(25,26)22(4)17(24)21-15-18-11(3)19-16(20-15)27-5/h6-10H,1-5H3,(H,18,19,20,21,24). The van der Waals surface area contributed by atoms with Gasteiger partial charge in [-0.05, 0) is 32.9 Å². The number of sulfonamides is 1. The van der Waals surface area contributed by atoms with Gasteiger partial charge in [0.25, 0.3) is 10.0 Å². The Labute approximate surface area is 168 Å². The van der Waals surface area contributed by atoms with E-state index < -0.39 is 28.1 Å². The number of aromatic nitrogens is 3. The minimum absolute atomic E-state index is 0.0416. The molecule has 2 rings (SSSR count). The molecule has 0 saturated heterocycles. The highest BCUT2D eigenvalue weighted by Gasteiger charge is 2.31. The Morgan fingerprint density at radius 2 is 1.79 bits per heavy atom. The predicted molar refractivity (Wildman–Crippen MR) is 102 cm³/mol. The molecule has 156 valence electrons. The number of nitrogens with one attached hydrogen (secondary N) is 1. The van der Waals surface area contributed by atoms with Crippen molar-refractivity contribution in [2.75, 3.05) is 19.5 Å². The molecule has 1 aromatic carbocycles. The summed E-state index contributed by atoms with van der Waals surface area (Å²) in [5, 5.41) is 2.26. The summed E-state index contributed by atoms with van der Waals surface area (Å²) in [5.41, 5.74) is -0.182. The van der Waals surface area contributed by atoms with E-state index in [1.165, 1.54) is 31.4 Å². The molecule has 29 heavy (non-hydrogen) atoms. The van der Waals surface area contributed by atoms with Crippen LogP contribution in [0.3, 0.4) is 0 Å². The smallest absolute Gasteiger partial charge is 0.339 e. The molecule has 0 saturated carbocycles. The Morgan fingerprint density at radius 1 is 1.14 bits per heavy atom. The molecule has 11 nitrogen and oxygen atoms in total. The maximum absolute atomic E-state index is 12.9. The lowest BCUT2D eigenvalue weighted by Crippen LogP contribution is -2.37. The molecule has 0 aliphatic carbocycles. The van der Waals surface area contributed by atoms with Gasteiger partial charge in [0.1, 0.15) is 10.7 Å². The third kappa shape index (κ3) is 5.16. The number of hydrogen-bond acceptors (Lipinski definition) is 9. The second-order valence-corrected chi connectivity index (χ2v) is 7.98. The first-order chi connectivity index (χ1) is 13.6. The zero-order chi connectivity index (χ0) is 21.8. The van der Waals surface area contributed by atoms with E-state index in [1.807, 2.05) is 0 Å². The molecule has 1 heterocycles. The monoisotopic (exact) mass is 423 g/mol. The highest BCUT2D eigenvalue weighted by molar-refractivity contribution is 7.89. The number of aryl methyl sites for hydroxylation is 1. The molecule has 0 unspecified atom stereocenters. The van der Waals surface area contributed by atoms with E-state index in [0.29, 0.717) is 4.31 Å². The van der Waals surface area contributed by atoms with Gasteiger partial charge in [-0.15, -0.1) is 0 Å². The second-order valence-electron chi connectivity index (χ2n) is 6.05. The number of rotatable bonds is 6. The topological polar surface area (TPSA) is 141 Å². The fourth-order valence-electron chi connectivity index (χ4n) is 2.17. The van der Waals surface area contributed by atoms with Gasteiger partial charge in [0.05, 0.1) is 18.8 Å². The van der Waals surface area contributed by atoms with Gasteiger partial charge in [-0.2, -0.15) is 15.0 Å². The number of amides is 2. The summed E-state index contributed by atoms with van der Waals surface area (Å²) in [6.45, 7) is 4.83. The molecule has 0 atom stereocenters. The lowest BCUT2D eigenvalue weighted by molar-refractivity contribution is 0.0373. The number of carbonyl (C=O) groups is 2. The van der Waals surface area contributed by atoms with Gasteiger partial charge in [0.15, 0.2) is 0 Å². The second kappa shape index (κ2) is 8.82. The summed E-state index contributed by atoms with van der Waals surface area (Å²) in [4.78, 5) is 36.0. The Bertz CT molecular complexity index is 1020. The van der Waals surface area contributed by atoms with Crippen LogP contribution in [0.5, 0.6) is 6.01 Å². The molecule has 2 amide bonds. The molecule has 2 aromatic rings. The average Bonchev–Trinajstić information content (AvgIpc) is 2.66. The molecule has 0 aliphatic rings. The highest BCUT2D eigenvalue weighted by Crippen LogP contribution is 2.21. The third-order valence-corrected chi connectivity index (χ3v) is 5.30. The van der Waals surface area contributed by atoms with Gasteiger partial charge in [0.2, 0.25) is 5.95 Å². The molecule has 1 aromatic heterocycles. The van der Waals surface area contributed by atoms with E-state index in [-0.39, 0.29) is 28.2 Å². The quantitative estimate of drug-likeness (QED) is 0.686. The fraction of sp³-hybridized carbons (Fsp3) is 0.353. The van der Waals surface area contributed by atoms with Crippen LogP contribution in [0, 0.1) is 6.92 Å². The van der Waals surface area contributed by atoms with Gasteiger partial charge in [0, 0.05) is 7.05 Å². The molecule has 0 radical (unpaired) electrons. The van der Waals surface area contributed by atoms with Crippen molar-refractivity contribution < 1.29 is 27.5 Å². The van der Waals surface area contributed by atoms with Crippen LogP contribution in [0.25, 0.3) is 0 Å². The van der Waals surface area contributed by atoms with Crippen LogP contribution in [0.15, 0.2) is 29.2 Å².